The lowest BCUT2D eigenvalue weighted by atomic mass is 10.1. The van der Waals surface area contributed by atoms with Crippen molar-refractivity contribution in [1.82, 2.24) is 4.98 Å². The normalized spacial score (nSPS) is 10.8. The molecule has 1 aromatic rings. The number of pyridine rings is 1. The summed E-state index contributed by atoms with van der Waals surface area (Å²) in [5.74, 6) is -0.149. The Kier molecular flexibility index (Phi) is 4.23. The van der Waals surface area contributed by atoms with Crippen LogP contribution in [-0.4, -0.2) is 17.2 Å². The van der Waals surface area contributed by atoms with Gasteiger partial charge < -0.3 is 9.84 Å². The van der Waals surface area contributed by atoms with Crippen molar-refractivity contribution in [3.8, 4) is 5.75 Å². The maximum absolute atomic E-state index is 12.7. The predicted molar refractivity (Wildman–Crippen MR) is 51.2 cm³/mol. The smallest absolute Gasteiger partial charge is 0.269 e. The topological polar surface area (TPSA) is 42.4 Å². The van der Waals surface area contributed by atoms with Crippen molar-refractivity contribution in [2.24, 2.45) is 0 Å². The van der Waals surface area contributed by atoms with Gasteiger partial charge >= 0.3 is 0 Å². The molecule has 3 nitrogen and oxygen atoms in total. The number of aliphatic hydroxyl groups is 1. The van der Waals surface area contributed by atoms with Crippen LogP contribution in [0.15, 0.2) is 6.07 Å². The zero-order valence-corrected chi connectivity index (χ0v) is 8.76. The van der Waals surface area contributed by atoms with Crippen molar-refractivity contribution in [3.05, 3.63) is 23.0 Å². The van der Waals surface area contributed by atoms with Gasteiger partial charge in [0.25, 0.3) is 6.43 Å². The minimum atomic E-state index is -2.70. The molecule has 15 heavy (non-hydrogen) atoms. The molecular weight excluding hydrogens is 228 g/mol. The second-order valence-electron chi connectivity index (χ2n) is 2.77. The van der Waals surface area contributed by atoms with Crippen molar-refractivity contribution in [2.75, 3.05) is 7.11 Å². The van der Waals surface area contributed by atoms with E-state index < -0.39 is 6.43 Å². The second-order valence-corrected chi connectivity index (χ2v) is 3.04. The number of halogens is 3. The molecule has 1 aromatic heterocycles. The van der Waals surface area contributed by atoms with E-state index in [4.69, 9.17) is 21.4 Å². The van der Waals surface area contributed by atoms with Crippen molar-refractivity contribution in [2.45, 2.75) is 18.9 Å². The van der Waals surface area contributed by atoms with E-state index in [-0.39, 0.29) is 35.2 Å². The lowest BCUT2D eigenvalue weighted by Gasteiger charge is -2.12. The summed E-state index contributed by atoms with van der Waals surface area (Å²) in [5.41, 5.74) is -0.0216. The van der Waals surface area contributed by atoms with Gasteiger partial charge in [0.2, 0.25) is 0 Å². The maximum Gasteiger partial charge on any atom is 0.269 e. The number of nitrogens with zero attached hydrogens (tertiary/aromatic N) is 1. The molecule has 0 aromatic carbocycles. The SMILES string of the molecule is COc1cc(CO)nc(CCl)c1C(F)F. The minimum Gasteiger partial charge on any atom is -0.496 e. The number of alkyl halides is 3. The number of methoxy groups -OCH3 is 1. The zero-order chi connectivity index (χ0) is 11.4. The molecule has 0 aliphatic carbocycles. The highest BCUT2D eigenvalue weighted by atomic mass is 35.5. The van der Waals surface area contributed by atoms with E-state index in [0.717, 1.165) is 0 Å². The largest absolute Gasteiger partial charge is 0.496 e. The standard InChI is InChI=1S/C9H10ClF2NO2/c1-15-7-2-5(4-14)13-6(3-10)8(7)9(11)12/h2,9,14H,3-4H2,1H3. The quantitative estimate of drug-likeness (QED) is 0.817. The Hall–Kier alpha value is -0.940. The number of aromatic nitrogens is 1. The zero-order valence-electron chi connectivity index (χ0n) is 8.01. The molecule has 0 saturated heterocycles. The van der Waals surface area contributed by atoms with E-state index in [1.807, 2.05) is 0 Å². The average molecular weight is 238 g/mol. The van der Waals surface area contributed by atoms with Crippen molar-refractivity contribution < 1.29 is 18.6 Å². The molecule has 84 valence electrons. The van der Waals surface area contributed by atoms with Gasteiger partial charge in [-0.25, -0.2) is 8.78 Å². The minimum absolute atomic E-state index is 0.000278. The van der Waals surface area contributed by atoms with Gasteiger partial charge in [-0.2, -0.15) is 0 Å². The van der Waals surface area contributed by atoms with Gasteiger partial charge in [-0.1, -0.05) is 0 Å². The highest BCUT2D eigenvalue weighted by Crippen LogP contribution is 2.32. The summed E-state index contributed by atoms with van der Waals surface area (Å²) < 4.78 is 30.1. The van der Waals surface area contributed by atoms with Gasteiger partial charge in [0.15, 0.2) is 0 Å². The van der Waals surface area contributed by atoms with E-state index in [9.17, 15) is 8.78 Å². The van der Waals surface area contributed by atoms with E-state index in [1.54, 1.807) is 0 Å². The monoisotopic (exact) mass is 237 g/mol. The Morgan fingerprint density at radius 1 is 1.60 bits per heavy atom. The maximum atomic E-state index is 12.7. The van der Waals surface area contributed by atoms with Crippen molar-refractivity contribution >= 4 is 11.6 Å². The fraction of sp³-hybridized carbons (Fsp3) is 0.444. The molecule has 0 aliphatic heterocycles. The van der Waals surface area contributed by atoms with Gasteiger partial charge in [0.1, 0.15) is 5.75 Å². The van der Waals surface area contributed by atoms with Crippen LogP contribution in [0, 0.1) is 0 Å². The van der Waals surface area contributed by atoms with Gasteiger partial charge in [-0.3, -0.25) is 4.98 Å². The highest BCUT2D eigenvalue weighted by molar-refractivity contribution is 6.17. The summed E-state index contributed by atoms with van der Waals surface area (Å²) in [6.45, 7) is -0.343. The summed E-state index contributed by atoms with van der Waals surface area (Å²) >= 11 is 5.50. The van der Waals surface area contributed by atoms with Gasteiger partial charge in [-0.05, 0) is 0 Å². The Labute approximate surface area is 90.7 Å². The summed E-state index contributed by atoms with van der Waals surface area (Å²) in [4.78, 5) is 3.80. The van der Waals surface area contributed by atoms with Gasteiger partial charge in [-0.15, -0.1) is 11.6 Å². The molecule has 6 heteroatoms. The molecule has 0 spiro atoms. The van der Waals surface area contributed by atoms with Crippen molar-refractivity contribution in [1.29, 1.82) is 0 Å². The molecule has 0 radical (unpaired) electrons. The lowest BCUT2D eigenvalue weighted by molar-refractivity contribution is 0.145. The summed E-state index contributed by atoms with van der Waals surface area (Å²) in [6, 6.07) is 1.28. The molecule has 0 fully saturated rings. The predicted octanol–water partition coefficient (Wildman–Crippen LogP) is 2.26. The molecule has 0 unspecified atom stereocenters. The fourth-order valence-electron chi connectivity index (χ4n) is 1.22. The van der Waals surface area contributed by atoms with Crippen LogP contribution in [0.5, 0.6) is 5.75 Å². The van der Waals surface area contributed by atoms with Crippen LogP contribution < -0.4 is 4.74 Å². The molecule has 0 amide bonds. The molecule has 0 bridgehead atoms. The first-order chi connectivity index (χ1) is 7.13. The van der Waals surface area contributed by atoms with E-state index >= 15 is 0 Å². The molecule has 1 rings (SSSR count). The second kappa shape index (κ2) is 5.23. The van der Waals surface area contributed by atoms with Gasteiger partial charge in [0.05, 0.1) is 36.5 Å². The van der Waals surface area contributed by atoms with Gasteiger partial charge in [0, 0.05) is 6.07 Å². The third-order valence-electron chi connectivity index (χ3n) is 1.88. The molecular formula is C9H10ClF2NO2. The number of hydrogen-bond acceptors (Lipinski definition) is 3. The van der Waals surface area contributed by atoms with Crippen LogP contribution in [0.2, 0.25) is 0 Å². The summed E-state index contributed by atoms with van der Waals surface area (Å²) in [7, 11) is 1.28. The van der Waals surface area contributed by atoms with Crippen LogP contribution in [-0.2, 0) is 12.5 Å². The first-order valence-electron chi connectivity index (χ1n) is 4.15. The number of rotatable bonds is 4. The van der Waals surface area contributed by atoms with Crippen LogP contribution in [0.25, 0.3) is 0 Å². The third kappa shape index (κ3) is 2.54. The Morgan fingerprint density at radius 3 is 2.67 bits per heavy atom. The summed E-state index contributed by atoms with van der Waals surface area (Å²) in [5, 5.41) is 8.86. The van der Waals surface area contributed by atoms with Crippen molar-refractivity contribution in [3.63, 3.8) is 0 Å². The Bertz CT molecular complexity index is 322. The molecule has 0 atom stereocenters. The number of aliphatic hydroxyl groups excluding tert-OH is 1. The molecule has 0 aliphatic rings. The number of hydrogen-bond donors (Lipinski definition) is 1. The van der Waals surface area contributed by atoms with Crippen LogP contribution in [0.3, 0.4) is 0 Å². The van der Waals surface area contributed by atoms with E-state index in [0.29, 0.717) is 0 Å². The Morgan fingerprint density at radius 2 is 2.27 bits per heavy atom. The third-order valence-corrected chi connectivity index (χ3v) is 2.13. The average Bonchev–Trinajstić information content (AvgIpc) is 2.26. The molecule has 0 saturated carbocycles. The van der Waals surface area contributed by atoms with Crippen LogP contribution in [0.4, 0.5) is 8.78 Å². The first-order valence-corrected chi connectivity index (χ1v) is 4.69. The first kappa shape index (κ1) is 12.1. The molecule has 1 N–H and O–H groups in total. The Balaban J connectivity index is 3.32. The van der Waals surface area contributed by atoms with Crippen LogP contribution in [0.1, 0.15) is 23.4 Å². The number of ether oxygens (including phenoxy) is 1. The lowest BCUT2D eigenvalue weighted by Crippen LogP contribution is -2.04. The summed E-state index contributed by atoms with van der Waals surface area (Å²) in [6.07, 6.45) is -2.70. The van der Waals surface area contributed by atoms with Crippen LogP contribution >= 0.6 is 11.6 Å². The fourth-order valence-corrected chi connectivity index (χ4v) is 1.43. The molecule has 1 heterocycles. The highest BCUT2D eigenvalue weighted by Gasteiger charge is 2.20. The van der Waals surface area contributed by atoms with E-state index in [1.165, 1.54) is 13.2 Å². The van der Waals surface area contributed by atoms with E-state index in [2.05, 4.69) is 4.98 Å².